The van der Waals surface area contributed by atoms with Crippen LogP contribution >= 0.6 is 11.6 Å². The lowest BCUT2D eigenvalue weighted by atomic mass is 10.0. The van der Waals surface area contributed by atoms with Gasteiger partial charge >= 0.3 is 0 Å². The summed E-state index contributed by atoms with van der Waals surface area (Å²) in [5, 5.41) is 1.12. The Labute approximate surface area is 172 Å². The lowest BCUT2D eigenvalue weighted by Gasteiger charge is -2.14. The molecule has 1 aliphatic heterocycles. The van der Waals surface area contributed by atoms with Crippen LogP contribution in [0, 0.1) is 5.82 Å². The zero-order valence-electron chi connectivity index (χ0n) is 15.9. The summed E-state index contributed by atoms with van der Waals surface area (Å²) >= 11 is 6.49. The Morgan fingerprint density at radius 1 is 1.41 bits per heavy atom. The molecule has 148 valence electrons. The molecule has 1 unspecified atom stereocenters. The third-order valence-electron chi connectivity index (χ3n) is 5.19. The molecule has 7 heteroatoms. The van der Waals surface area contributed by atoms with Crippen molar-refractivity contribution < 1.29 is 13.9 Å². The molecule has 1 amide bonds. The Morgan fingerprint density at radius 3 is 3.00 bits per heavy atom. The van der Waals surface area contributed by atoms with E-state index in [4.69, 9.17) is 16.3 Å². The van der Waals surface area contributed by atoms with E-state index in [9.17, 15) is 9.18 Å². The van der Waals surface area contributed by atoms with Crippen molar-refractivity contribution in [2.75, 3.05) is 20.2 Å². The zero-order chi connectivity index (χ0) is 20.5. The monoisotopic (exact) mass is 411 g/mol. The summed E-state index contributed by atoms with van der Waals surface area (Å²) in [6.07, 6.45) is 3.83. The number of nitrogens with zero attached hydrogens (tertiary/aromatic N) is 3. The van der Waals surface area contributed by atoms with Crippen molar-refractivity contribution in [2.45, 2.75) is 12.3 Å². The molecule has 0 saturated carbocycles. The largest absolute Gasteiger partial charge is 0.496 e. The van der Waals surface area contributed by atoms with E-state index in [1.165, 1.54) is 19.3 Å². The van der Waals surface area contributed by atoms with Crippen LogP contribution in [0.5, 0.6) is 5.75 Å². The molecule has 1 atom stereocenters. The van der Waals surface area contributed by atoms with Crippen LogP contribution in [0.4, 0.5) is 4.39 Å². The average molecular weight is 412 g/mol. The summed E-state index contributed by atoms with van der Waals surface area (Å²) in [4.78, 5) is 22.7. The minimum Gasteiger partial charge on any atom is -0.496 e. The molecular weight excluding hydrogens is 393 g/mol. The maximum Gasteiger partial charge on any atom is 0.245 e. The Hall–Kier alpha value is -2.99. The number of amides is 1. The van der Waals surface area contributed by atoms with Crippen LogP contribution in [-0.4, -0.2) is 41.0 Å². The molecule has 0 N–H and O–H groups in total. The van der Waals surface area contributed by atoms with Crippen molar-refractivity contribution in [3.8, 4) is 16.9 Å². The third kappa shape index (κ3) is 3.56. The van der Waals surface area contributed by atoms with Crippen molar-refractivity contribution >= 4 is 28.4 Å². The number of aromatic nitrogens is 2. The normalized spacial score (nSPS) is 16.2. The van der Waals surface area contributed by atoms with Crippen LogP contribution in [0.1, 0.15) is 18.2 Å². The van der Waals surface area contributed by atoms with Crippen LogP contribution in [0.3, 0.4) is 0 Å². The summed E-state index contributed by atoms with van der Waals surface area (Å²) in [5.74, 6) is 0.639. The summed E-state index contributed by atoms with van der Waals surface area (Å²) in [7, 11) is 1.49. The molecule has 1 fully saturated rings. The smallest absolute Gasteiger partial charge is 0.245 e. The molecule has 1 aliphatic rings. The van der Waals surface area contributed by atoms with Crippen LogP contribution < -0.4 is 4.74 Å². The molecule has 0 aliphatic carbocycles. The summed E-state index contributed by atoms with van der Waals surface area (Å²) in [5.41, 5.74) is 1.50. The van der Waals surface area contributed by atoms with Gasteiger partial charge in [0, 0.05) is 36.2 Å². The van der Waals surface area contributed by atoms with Gasteiger partial charge in [-0.25, -0.2) is 14.4 Å². The number of benzene rings is 2. The molecule has 1 aromatic heterocycles. The summed E-state index contributed by atoms with van der Waals surface area (Å²) < 4.78 is 19.8. The highest BCUT2D eigenvalue weighted by Gasteiger charge is 2.28. The van der Waals surface area contributed by atoms with Gasteiger partial charge in [-0.1, -0.05) is 24.2 Å². The highest BCUT2D eigenvalue weighted by atomic mass is 35.5. The zero-order valence-corrected chi connectivity index (χ0v) is 16.6. The number of likely N-dealkylation sites (tertiary alicyclic amines) is 1. The van der Waals surface area contributed by atoms with Gasteiger partial charge in [-0.3, -0.25) is 4.79 Å². The number of hydrogen-bond acceptors (Lipinski definition) is 4. The van der Waals surface area contributed by atoms with Crippen molar-refractivity contribution in [3.63, 3.8) is 0 Å². The van der Waals surface area contributed by atoms with E-state index in [0.717, 1.165) is 11.8 Å². The van der Waals surface area contributed by atoms with Gasteiger partial charge in [0.2, 0.25) is 5.91 Å². The molecule has 0 radical (unpaired) electrons. The first kappa shape index (κ1) is 19.3. The van der Waals surface area contributed by atoms with E-state index < -0.39 is 5.82 Å². The van der Waals surface area contributed by atoms with Crippen molar-refractivity contribution in [3.05, 3.63) is 65.8 Å². The molecule has 0 bridgehead atoms. The molecular formula is C22H19ClFN3O2. The third-order valence-corrected chi connectivity index (χ3v) is 5.50. The van der Waals surface area contributed by atoms with Gasteiger partial charge in [-0.05, 0) is 36.8 Å². The molecule has 29 heavy (non-hydrogen) atoms. The minimum atomic E-state index is -0.416. The van der Waals surface area contributed by atoms with Crippen molar-refractivity contribution in [1.82, 2.24) is 14.9 Å². The quantitative estimate of drug-likeness (QED) is 0.589. The summed E-state index contributed by atoms with van der Waals surface area (Å²) in [6, 6.07) is 8.13. The number of methoxy groups -OCH3 is 1. The van der Waals surface area contributed by atoms with Crippen LogP contribution in [-0.2, 0) is 4.79 Å². The number of fused-ring (bicyclic) bond motifs is 1. The maximum atomic E-state index is 14.5. The Balaban J connectivity index is 1.72. The van der Waals surface area contributed by atoms with Gasteiger partial charge in [-0.15, -0.1) is 0 Å². The Morgan fingerprint density at radius 2 is 2.24 bits per heavy atom. The van der Waals surface area contributed by atoms with Crippen LogP contribution in [0.25, 0.3) is 22.0 Å². The molecule has 2 heterocycles. The molecule has 1 saturated heterocycles. The van der Waals surface area contributed by atoms with Gasteiger partial charge < -0.3 is 9.64 Å². The van der Waals surface area contributed by atoms with Crippen LogP contribution in [0.15, 0.2) is 49.2 Å². The molecule has 2 aromatic carbocycles. The van der Waals surface area contributed by atoms with E-state index >= 15 is 0 Å². The molecule has 0 spiro atoms. The van der Waals surface area contributed by atoms with E-state index in [1.54, 1.807) is 35.4 Å². The number of rotatable bonds is 4. The Kier molecular flexibility index (Phi) is 5.20. The topological polar surface area (TPSA) is 55.3 Å². The standard InChI is InChI=1S/C22H19ClFN3O2/c1-3-20(28)27-8-7-13(12-27)22-25-11-14-9-15(16(23)10-18(14)26-22)21-17(24)5-4-6-19(21)29-2/h3-6,9-11,13H,1,7-8,12H2,2H3. The van der Waals surface area contributed by atoms with Crippen LogP contribution in [0.2, 0.25) is 5.02 Å². The number of ether oxygens (including phenoxy) is 1. The van der Waals surface area contributed by atoms with E-state index in [-0.39, 0.29) is 11.8 Å². The molecule has 3 aromatic rings. The number of halogens is 2. The fourth-order valence-corrected chi connectivity index (χ4v) is 3.94. The molecule has 4 rings (SSSR count). The number of hydrogen-bond donors (Lipinski definition) is 0. The van der Waals surface area contributed by atoms with Crippen molar-refractivity contribution in [2.24, 2.45) is 0 Å². The van der Waals surface area contributed by atoms with Crippen molar-refractivity contribution in [1.29, 1.82) is 0 Å². The number of carbonyl (C=O) groups excluding carboxylic acids is 1. The predicted molar refractivity (Wildman–Crippen MR) is 111 cm³/mol. The number of carbonyl (C=O) groups is 1. The van der Waals surface area contributed by atoms with E-state index in [2.05, 4.69) is 16.5 Å². The van der Waals surface area contributed by atoms with Gasteiger partial charge in [-0.2, -0.15) is 0 Å². The second kappa shape index (κ2) is 7.79. The lowest BCUT2D eigenvalue weighted by molar-refractivity contribution is -0.125. The lowest BCUT2D eigenvalue weighted by Crippen LogP contribution is -2.26. The fourth-order valence-electron chi connectivity index (χ4n) is 3.69. The first-order valence-electron chi connectivity index (χ1n) is 9.22. The second-order valence-electron chi connectivity index (χ2n) is 6.91. The summed E-state index contributed by atoms with van der Waals surface area (Å²) in [6.45, 7) is 4.75. The Bertz CT molecular complexity index is 1120. The first-order chi connectivity index (χ1) is 14.0. The SMILES string of the molecule is C=CC(=O)N1CCC(c2ncc3cc(-c4c(F)cccc4OC)c(Cl)cc3n2)C1. The fraction of sp³-hybridized carbons (Fsp3) is 0.227. The van der Waals surface area contributed by atoms with Gasteiger partial charge in [0.15, 0.2) is 0 Å². The molecule has 5 nitrogen and oxygen atoms in total. The van der Waals surface area contributed by atoms with Gasteiger partial charge in [0.1, 0.15) is 17.4 Å². The second-order valence-corrected chi connectivity index (χ2v) is 7.32. The van der Waals surface area contributed by atoms with E-state index in [0.29, 0.717) is 46.3 Å². The van der Waals surface area contributed by atoms with Gasteiger partial charge in [0.05, 0.1) is 23.2 Å². The first-order valence-corrected chi connectivity index (χ1v) is 9.60. The maximum absolute atomic E-state index is 14.5. The van der Waals surface area contributed by atoms with Gasteiger partial charge in [0.25, 0.3) is 0 Å². The predicted octanol–water partition coefficient (Wildman–Crippen LogP) is 4.60. The average Bonchev–Trinajstić information content (AvgIpc) is 3.22. The highest BCUT2D eigenvalue weighted by Crippen LogP contribution is 2.39. The highest BCUT2D eigenvalue weighted by molar-refractivity contribution is 6.34. The minimum absolute atomic E-state index is 0.0633. The van der Waals surface area contributed by atoms with E-state index in [1.807, 2.05) is 0 Å².